The van der Waals surface area contributed by atoms with Crippen molar-refractivity contribution in [3.63, 3.8) is 0 Å². The van der Waals surface area contributed by atoms with Crippen molar-refractivity contribution in [2.45, 2.75) is 20.4 Å². The van der Waals surface area contributed by atoms with Gasteiger partial charge in [0.25, 0.3) is 0 Å². The van der Waals surface area contributed by atoms with Gasteiger partial charge in [-0.3, -0.25) is 0 Å². The smallest absolute Gasteiger partial charge is 0.138 e. The van der Waals surface area contributed by atoms with E-state index in [1.54, 1.807) is 11.0 Å². The Morgan fingerprint density at radius 1 is 1.58 bits per heavy atom. The van der Waals surface area contributed by atoms with Gasteiger partial charge < -0.3 is 4.74 Å². The summed E-state index contributed by atoms with van der Waals surface area (Å²) >= 11 is 0. The normalized spacial score (nSPS) is 13.2. The SMILES string of the molecule is CCOCC(C)Cn1cnnn1. The molecule has 1 unspecified atom stereocenters. The third kappa shape index (κ3) is 2.96. The van der Waals surface area contributed by atoms with Crippen LogP contribution in [-0.2, 0) is 11.3 Å². The van der Waals surface area contributed by atoms with Crippen molar-refractivity contribution >= 4 is 0 Å². The van der Waals surface area contributed by atoms with E-state index >= 15 is 0 Å². The lowest BCUT2D eigenvalue weighted by molar-refractivity contribution is 0.108. The quantitative estimate of drug-likeness (QED) is 0.639. The number of ether oxygens (including phenoxy) is 1. The Kier molecular flexibility index (Phi) is 3.66. The molecule has 0 N–H and O–H groups in total. The summed E-state index contributed by atoms with van der Waals surface area (Å²) in [5, 5.41) is 10.9. The fourth-order valence-corrected chi connectivity index (χ4v) is 0.955. The molecule has 1 atom stereocenters. The highest BCUT2D eigenvalue weighted by molar-refractivity contribution is 4.53. The van der Waals surface area contributed by atoms with E-state index in [2.05, 4.69) is 22.4 Å². The van der Waals surface area contributed by atoms with Crippen LogP contribution in [0.2, 0.25) is 0 Å². The van der Waals surface area contributed by atoms with Crippen LogP contribution in [0.15, 0.2) is 6.33 Å². The van der Waals surface area contributed by atoms with Gasteiger partial charge in [0.05, 0.1) is 6.61 Å². The minimum Gasteiger partial charge on any atom is -0.381 e. The Labute approximate surface area is 71.7 Å². The Morgan fingerprint density at radius 2 is 2.42 bits per heavy atom. The summed E-state index contributed by atoms with van der Waals surface area (Å²) in [5.41, 5.74) is 0. The van der Waals surface area contributed by atoms with Crippen LogP contribution in [0.1, 0.15) is 13.8 Å². The molecule has 0 aromatic carbocycles. The minimum absolute atomic E-state index is 0.452. The Morgan fingerprint density at radius 3 is 3.00 bits per heavy atom. The molecule has 0 radical (unpaired) electrons. The van der Waals surface area contributed by atoms with Gasteiger partial charge >= 0.3 is 0 Å². The average Bonchev–Trinajstić information content (AvgIpc) is 2.53. The molecule has 0 saturated heterocycles. The maximum absolute atomic E-state index is 5.26. The fraction of sp³-hybridized carbons (Fsp3) is 0.857. The molecule has 0 aliphatic heterocycles. The van der Waals surface area contributed by atoms with Gasteiger partial charge in [-0.2, -0.15) is 0 Å². The van der Waals surface area contributed by atoms with Gasteiger partial charge in [0.15, 0.2) is 0 Å². The van der Waals surface area contributed by atoms with E-state index in [9.17, 15) is 0 Å². The third-order valence-corrected chi connectivity index (χ3v) is 1.50. The van der Waals surface area contributed by atoms with Gasteiger partial charge in [0.1, 0.15) is 6.33 Å². The second-order valence-corrected chi connectivity index (χ2v) is 2.80. The zero-order valence-corrected chi connectivity index (χ0v) is 7.47. The molecule has 0 fully saturated rings. The summed E-state index contributed by atoms with van der Waals surface area (Å²) in [6.07, 6.45) is 1.61. The summed E-state index contributed by atoms with van der Waals surface area (Å²) in [6.45, 7) is 6.43. The van der Waals surface area contributed by atoms with Gasteiger partial charge in [-0.05, 0) is 23.3 Å². The van der Waals surface area contributed by atoms with E-state index in [4.69, 9.17) is 4.74 Å². The van der Waals surface area contributed by atoms with Crippen LogP contribution in [0.25, 0.3) is 0 Å². The third-order valence-electron chi connectivity index (χ3n) is 1.50. The van der Waals surface area contributed by atoms with Crippen molar-refractivity contribution in [3.8, 4) is 0 Å². The van der Waals surface area contributed by atoms with E-state index < -0.39 is 0 Å². The zero-order chi connectivity index (χ0) is 8.81. The molecule has 68 valence electrons. The highest BCUT2D eigenvalue weighted by Gasteiger charge is 2.03. The first-order valence-electron chi connectivity index (χ1n) is 4.11. The highest BCUT2D eigenvalue weighted by atomic mass is 16.5. The lowest BCUT2D eigenvalue weighted by atomic mass is 10.2. The van der Waals surface area contributed by atoms with Crippen molar-refractivity contribution in [1.82, 2.24) is 20.2 Å². The summed E-state index contributed by atoms with van der Waals surface area (Å²) in [7, 11) is 0. The lowest BCUT2D eigenvalue weighted by Gasteiger charge is -2.09. The Balaban J connectivity index is 2.22. The minimum atomic E-state index is 0.452. The molecule has 0 spiro atoms. The number of hydrogen-bond acceptors (Lipinski definition) is 4. The molecule has 0 bridgehead atoms. The molecule has 0 amide bonds. The van der Waals surface area contributed by atoms with E-state index in [1.165, 1.54) is 0 Å². The fourth-order valence-electron chi connectivity index (χ4n) is 0.955. The number of rotatable bonds is 5. The van der Waals surface area contributed by atoms with Crippen molar-refractivity contribution in [2.75, 3.05) is 13.2 Å². The molecular formula is C7H14N4O. The van der Waals surface area contributed by atoms with Crippen LogP contribution in [-0.4, -0.2) is 33.4 Å². The summed E-state index contributed by atoms with van der Waals surface area (Å²) in [5.74, 6) is 0.452. The van der Waals surface area contributed by atoms with Gasteiger partial charge in [-0.25, -0.2) is 4.68 Å². The van der Waals surface area contributed by atoms with Crippen LogP contribution in [0.4, 0.5) is 0 Å². The number of aromatic nitrogens is 4. The number of tetrazole rings is 1. The maximum atomic E-state index is 5.26. The van der Waals surface area contributed by atoms with Crippen LogP contribution >= 0.6 is 0 Å². The van der Waals surface area contributed by atoms with Crippen LogP contribution in [0, 0.1) is 5.92 Å². The number of nitrogens with zero attached hydrogens (tertiary/aromatic N) is 4. The largest absolute Gasteiger partial charge is 0.381 e. The van der Waals surface area contributed by atoms with Gasteiger partial charge in [0.2, 0.25) is 0 Å². The summed E-state index contributed by atoms with van der Waals surface area (Å²) < 4.78 is 6.97. The van der Waals surface area contributed by atoms with Crippen LogP contribution in [0.3, 0.4) is 0 Å². The molecule has 12 heavy (non-hydrogen) atoms. The van der Waals surface area contributed by atoms with Crippen molar-refractivity contribution in [1.29, 1.82) is 0 Å². The molecule has 1 aromatic heterocycles. The Hall–Kier alpha value is -0.970. The summed E-state index contributed by atoms with van der Waals surface area (Å²) in [6, 6.07) is 0. The average molecular weight is 170 g/mol. The van der Waals surface area contributed by atoms with Crippen molar-refractivity contribution in [2.24, 2.45) is 5.92 Å². The summed E-state index contributed by atoms with van der Waals surface area (Å²) in [4.78, 5) is 0. The molecule has 5 nitrogen and oxygen atoms in total. The first-order chi connectivity index (χ1) is 5.83. The second-order valence-electron chi connectivity index (χ2n) is 2.80. The predicted octanol–water partition coefficient (Wildman–Crippen LogP) is 0.346. The molecule has 1 heterocycles. The first kappa shape index (κ1) is 9.12. The van der Waals surface area contributed by atoms with Crippen LogP contribution < -0.4 is 0 Å². The van der Waals surface area contributed by atoms with Gasteiger partial charge in [0, 0.05) is 13.2 Å². The van der Waals surface area contributed by atoms with Crippen molar-refractivity contribution in [3.05, 3.63) is 6.33 Å². The van der Waals surface area contributed by atoms with Crippen LogP contribution in [0.5, 0.6) is 0 Å². The maximum Gasteiger partial charge on any atom is 0.138 e. The zero-order valence-electron chi connectivity index (χ0n) is 7.47. The highest BCUT2D eigenvalue weighted by Crippen LogP contribution is 1.98. The lowest BCUT2D eigenvalue weighted by Crippen LogP contribution is -2.14. The van der Waals surface area contributed by atoms with Gasteiger partial charge in [-0.1, -0.05) is 6.92 Å². The topological polar surface area (TPSA) is 52.8 Å². The van der Waals surface area contributed by atoms with Gasteiger partial charge in [-0.15, -0.1) is 5.10 Å². The standard InChI is InChI=1S/C7H14N4O/c1-3-12-5-7(2)4-11-6-8-9-10-11/h6-7H,3-5H2,1-2H3. The van der Waals surface area contributed by atoms with E-state index in [-0.39, 0.29) is 0 Å². The molecule has 1 rings (SSSR count). The molecule has 0 saturated carbocycles. The van der Waals surface area contributed by atoms with Crippen molar-refractivity contribution < 1.29 is 4.74 Å². The molecule has 0 aliphatic rings. The predicted molar refractivity (Wildman–Crippen MR) is 43.5 cm³/mol. The first-order valence-corrected chi connectivity index (χ1v) is 4.11. The molecule has 5 heteroatoms. The molecule has 0 aliphatic carbocycles. The Bertz CT molecular complexity index is 199. The second kappa shape index (κ2) is 4.82. The van der Waals surface area contributed by atoms with E-state index in [0.717, 1.165) is 19.8 Å². The monoisotopic (exact) mass is 170 g/mol. The number of hydrogen-bond donors (Lipinski definition) is 0. The molecular weight excluding hydrogens is 156 g/mol. The van der Waals surface area contributed by atoms with E-state index in [1.807, 2.05) is 6.92 Å². The molecule has 1 aromatic rings. The van der Waals surface area contributed by atoms with E-state index in [0.29, 0.717) is 5.92 Å².